The lowest BCUT2D eigenvalue weighted by atomic mass is 9.90. The van der Waals surface area contributed by atoms with E-state index in [1.807, 2.05) is 0 Å². The Kier molecular flexibility index (Phi) is 11.1. The van der Waals surface area contributed by atoms with Gasteiger partial charge in [0.1, 0.15) is 5.75 Å². The number of allylic oxidation sites excluding steroid dienone is 1. The molecule has 0 unspecified atom stereocenters. The van der Waals surface area contributed by atoms with Gasteiger partial charge in [-0.3, -0.25) is 0 Å². The molecule has 0 amide bonds. The molecule has 0 radical (unpaired) electrons. The molecule has 3 aromatic rings. The van der Waals surface area contributed by atoms with Crippen LogP contribution >= 0.6 is 0 Å². The van der Waals surface area contributed by atoms with Crippen LogP contribution in [0, 0.1) is 6.92 Å². The summed E-state index contributed by atoms with van der Waals surface area (Å²) in [6.45, 7) is 7.55. The van der Waals surface area contributed by atoms with Crippen LogP contribution in [-0.4, -0.2) is 17.8 Å². The Hall–Kier alpha value is -3.04. The van der Waals surface area contributed by atoms with Gasteiger partial charge in [-0.25, -0.2) is 0 Å². The number of hydrogen-bond donors (Lipinski definition) is 1. The lowest BCUT2D eigenvalue weighted by Gasteiger charge is -2.40. The fourth-order valence-electron chi connectivity index (χ4n) is 5.84. The molecular weight excluding hydrogens is 478 g/mol. The van der Waals surface area contributed by atoms with Crippen molar-refractivity contribution in [1.82, 2.24) is 0 Å². The lowest BCUT2D eigenvalue weighted by molar-refractivity contribution is 0.282. The summed E-state index contributed by atoms with van der Waals surface area (Å²) in [5, 5.41) is 9.70. The Morgan fingerprint density at radius 1 is 0.872 bits per heavy atom. The van der Waals surface area contributed by atoms with Gasteiger partial charge in [-0.05, 0) is 117 Å². The van der Waals surface area contributed by atoms with E-state index in [1.165, 1.54) is 78.6 Å². The quantitative estimate of drug-likeness (QED) is 0.226. The van der Waals surface area contributed by atoms with E-state index in [0.29, 0.717) is 6.04 Å². The highest BCUT2D eigenvalue weighted by Crippen LogP contribution is 2.39. The molecule has 0 bridgehead atoms. The summed E-state index contributed by atoms with van der Waals surface area (Å²) in [7, 11) is 0. The average Bonchev–Trinajstić information content (AvgIpc) is 2.99. The Balaban J connectivity index is 1.47. The molecule has 4 rings (SSSR count). The zero-order valence-corrected chi connectivity index (χ0v) is 24.3. The van der Waals surface area contributed by atoms with Crippen molar-refractivity contribution in [3.05, 3.63) is 101 Å². The number of aliphatic hydroxyl groups excluding tert-OH is 1. The Morgan fingerprint density at radius 2 is 1.62 bits per heavy atom. The van der Waals surface area contributed by atoms with Crippen LogP contribution in [0.15, 0.2) is 78.4 Å². The number of aryl methyl sites for hydroxylation is 2. The molecule has 3 aromatic carbocycles. The monoisotopic (exact) mass is 525 g/mol. The molecule has 208 valence electrons. The molecule has 3 nitrogen and oxygen atoms in total. The van der Waals surface area contributed by atoms with Gasteiger partial charge in [0.2, 0.25) is 0 Å². The molecule has 0 aromatic heterocycles. The standard InChI is InChI=1S/C36H47NO2/c1-4-28(2)36(37(33-17-11-6-12-18-33)35-24-19-31(27-38)26-29(35)3)32-20-22-34(23-21-32)39-25-13-7-10-16-30-14-8-5-9-15-30/h5,8-9,14-15,19-24,26,33,38H,4,6-7,10-13,16-18,25,27H2,1-3H3. The first kappa shape index (κ1) is 29.0. The lowest BCUT2D eigenvalue weighted by Crippen LogP contribution is -2.36. The Morgan fingerprint density at radius 3 is 2.28 bits per heavy atom. The second-order valence-corrected chi connectivity index (χ2v) is 11.1. The highest BCUT2D eigenvalue weighted by atomic mass is 16.5. The molecule has 0 saturated heterocycles. The van der Waals surface area contributed by atoms with Crippen molar-refractivity contribution in [3.8, 4) is 5.75 Å². The van der Waals surface area contributed by atoms with Crippen molar-refractivity contribution in [2.45, 2.75) is 97.6 Å². The van der Waals surface area contributed by atoms with Crippen molar-refractivity contribution in [2.75, 3.05) is 11.5 Å². The first-order valence-electron chi connectivity index (χ1n) is 15.1. The van der Waals surface area contributed by atoms with Gasteiger partial charge in [0.25, 0.3) is 0 Å². The summed E-state index contributed by atoms with van der Waals surface area (Å²) < 4.78 is 6.13. The number of unbranched alkanes of at least 4 members (excludes halogenated alkanes) is 2. The van der Waals surface area contributed by atoms with Gasteiger partial charge in [0.05, 0.1) is 13.2 Å². The van der Waals surface area contributed by atoms with Crippen molar-refractivity contribution in [1.29, 1.82) is 0 Å². The van der Waals surface area contributed by atoms with Crippen LogP contribution in [0.2, 0.25) is 0 Å². The number of hydrogen-bond acceptors (Lipinski definition) is 3. The molecule has 0 spiro atoms. The molecular formula is C36H47NO2. The van der Waals surface area contributed by atoms with Crippen molar-refractivity contribution >= 4 is 11.4 Å². The molecule has 1 aliphatic carbocycles. The van der Waals surface area contributed by atoms with Crippen LogP contribution in [0.1, 0.15) is 93.9 Å². The second-order valence-electron chi connectivity index (χ2n) is 11.1. The molecule has 1 aliphatic rings. The van der Waals surface area contributed by atoms with Crippen LogP contribution in [-0.2, 0) is 13.0 Å². The van der Waals surface area contributed by atoms with Crippen LogP contribution in [0.25, 0.3) is 5.70 Å². The third-order valence-electron chi connectivity index (χ3n) is 8.17. The Labute approximate surface area is 236 Å². The molecule has 3 heteroatoms. The molecule has 39 heavy (non-hydrogen) atoms. The third-order valence-corrected chi connectivity index (χ3v) is 8.17. The number of ether oxygens (including phenoxy) is 1. The highest BCUT2D eigenvalue weighted by Gasteiger charge is 2.27. The molecule has 0 heterocycles. The van der Waals surface area contributed by atoms with E-state index in [-0.39, 0.29) is 6.61 Å². The van der Waals surface area contributed by atoms with Gasteiger partial charge in [-0.1, -0.05) is 68.7 Å². The fraction of sp³-hybridized carbons (Fsp3) is 0.444. The fourth-order valence-corrected chi connectivity index (χ4v) is 5.84. The topological polar surface area (TPSA) is 32.7 Å². The van der Waals surface area contributed by atoms with Crippen LogP contribution in [0.4, 0.5) is 5.69 Å². The predicted molar refractivity (Wildman–Crippen MR) is 165 cm³/mol. The summed E-state index contributed by atoms with van der Waals surface area (Å²) >= 11 is 0. The van der Waals surface area contributed by atoms with E-state index in [1.54, 1.807) is 0 Å². The van der Waals surface area contributed by atoms with Gasteiger partial charge in [-0.2, -0.15) is 0 Å². The second kappa shape index (κ2) is 14.9. The zero-order chi connectivity index (χ0) is 27.5. The summed E-state index contributed by atoms with van der Waals surface area (Å²) in [6, 6.07) is 26.4. The summed E-state index contributed by atoms with van der Waals surface area (Å²) in [6.07, 6.45) is 11.9. The molecule has 0 aliphatic heterocycles. The van der Waals surface area contributed by atoms with Gasteiger partial charge in [0, 0.05) is 17.4 Å². The van der Waals surface area contributed by atoms with E-state index in [2.05, 4.69) is 98.5 Å². The average molecular weight is 526 g/mol. The van der Waals surface area contributed by atoms with Gasteiger partial charge < -0.3 is 14.7 Å². The van der Waals surface area contributed by atoms with Crippen LogP contribution in [0.3, 0.4) is 0 Å². The van der Waals surface area contributed by atoms with E-state index in [9.17, 15) is 5.11 Å². The largest absolute Gasteiger partial charge is 0.494 e. The normalized spacial score (nSPS) is 14.7. The first-order chi connectivity index (χ1) is 19.1. The maximum Gasteiger partial charge on any atom is 0.119 e. The molecule has 1 N–H and O–H groups in total. The number of benzene rings is 3. The van der Waals surface area contributed by atoms with E-state index >= 15 is 0 Å². The number of nitrogens with zero attached hydrogens (tertiary/aromatic N) is 1. The Bertz CT molecular complexity index is 1180. The molecule has 1 saturated carbocycles. The minimum atomic E-state index is 0.0791. The molecule has 1 fully saturated rings. The van der Waals surface area contributed by atoms with Gasteiger partial charge in [0.15, 0.2) is 0 Å². The van der Waals surface area contributed by atoms with E-state index < -0.39 is 0 Å². The van der Waals surface area contributed by atoms with E-state index in [4.69, 9.17) is 4.74 Å². The van der Waals surface area contributed by atoms with Crippen molar-refractivity contribution in [2.24, 2.45) is 0 Å². The number of anilines is 1. The maximum atomic E-state index is 9.70. The van der Waals surface area contributed by atoms with Crippen LogP contribution in [0.5, 0.6) is 5.75 Å². The van der Waals surface area contributed by atoms with Crippen molar-refractivity contribution < 1.29 is 9.84 Å². The van der Waals surface area contributed by atoms with Crippen LogP contribution < -0.4 is 9.64 Å². The SMILES string of the molecule is CCC(C)=C(c1ccc(OCCCCCc2ccccc2)cc1)N(c1ccc(CO)cc1C)C1CCCCC1. The van der Waals surface area contributed by atoms with Gasteiger partial charge in [-0.15, -0.1) is 0 Å². The van der Waals surface area contributed by atoms with E-state index in [0.717, 1.165) is 37.2 Å². The summed E-state index contributed by atoms with van der Waals surface area (Å²) in [5.41, 5.74) is 8.86. The predicted octanol–water partition coefficient (Wildman–Crippen LogP) is 9.26. The third kappa shape index (κ3) is 7.99. The van der Waals surface area contributed by atoms with Gasteiger partial charge >= 0.3 is 0 Å². The number of aliphatic hydroxyl groups is 1. The minimum Gasteiger partial charge on any atom is -0.494 e. The minimum absolute atomic E-state index is 0.0791. The molecule has 0 atom stereocenters. The summed E-state index contributed by atoms with van der Waals surface area (Å²) in [5.74, 6) is 0.947. The zero-order valence-electron chi connectivity index (χ0n) is 24.3. The maximum absolute atomic E-state index is 9.70. The summed E-state index contributed by atoms with van der Waals surface area (Å²) in [4.78, 5) is 2.62. The van der Waals surface area contributed by atoms with Crippen molar-refractivity contribution in [3.63, 3.8) is 0 Å². The first-order valence-corrected chi connectivity index (χ1v) is 15.1. The smallest absolute Gasteiger partial charge is 0.119 e. The highest BCUT2D eigenvalue weighted by molar-refractivity contribution is 5.83. The number of rotatable bonds is 13.